The molecule has 1 aromatic heterocycles. The van der Waals surface area contributed by atoms with Crippen molar-refractivity contribution in [1.29, 1.82) is 0 Å². The molecule has 7 nitrogen and oxygen atoms in total. The van der Waals surface area contributed by atoms with Crippen molar-refractivity contribution < 1.29 is 8.78 Å². The van der Waals surface area contributed by atoms with Crippen LogP contribution in [0.4, 0.5) is 20.3 Å². The molecule has 0 unspecified atom stereocenters. The minimum absolute atomic E-state index is 0.173. The molecule has 1 aliphatic carbocycles. The van der Waals surface area contributed by atoms with E-state index in [-0.39, 0.29) is 11.6 Å². The van der Waals surface area contributed by atoms with Crippen LogP contribution in [0.15, 0.2) is 67.4 Å². The summed E-state index contributed by atoms with van der Waals surface area (Å²) in [5, 5.41) is 10.6. The van der Waals surface area contributed by atoms with Crippen LogP contribution in [0.1, 0.15) is 52.7 Å². The fourth-order valence-electron chi connectivity index (χ4n) is 4.27. The van der Waals surface area contributed by atoms with Crippen LogP contribution >= 0.6 is 11.8 Å². The highest BCUT2D eigenvalue weighted by Gasteiger charge is 2.33. The minimum atomic E-state index is -0.660. The zero-order valence-corrected chi connectivity index (χ0v) is 24.9. The first kappa shape index (κ1) is 30.7. The predicted molar refractivity (Wildman–Crippen MR) is 164 cm³/mol. The number of aromatic amines is 1. The van der Waals surface area contributed by atoms with Gasteiger partial charge in [0.15, 0.2) is 17.5 Å². The molecule has 1 heterocycles. The molecule has 1 aliphatic rings. The summed E-state index contributed by atoms with van der Waals surface area (Å²) in [6, 6.07) is 4.44. The van der Waals surface area contributed by atoms with E-state index >= 15 is 8.78 Å². The van der Waals surface area contributed by atoms with Gasteiger partial charge in [0, 0.05) is 48.6 Å². The normalized spacial score (nSPS) is 15.4. The second-order valence-electron chi connectivity index (χ2n) is 9.38. The van der Waals surface area contributed by atoms with E-state index in [1.54, 1.807) is 52.7 Å². The second kappa shape index (κ2) is 14.0. The van der Waals surface area contributed by atoms with Gasteiger partial charge in [0.25, 0.3) is 0 Å². The van der Waals surface area contributed by atoms with Gasteiger partial charge in [-0.15, -0.1) is 11.8 Å². The number of aromatic nitrogens is 2. The zero-order valence-electron chi connectivity index (χ0n) is 24.1. The second-order valence-corrected chi connectivity index (χ2v) is 10.3. The average molecular weight is 566 g/mol. The molecule has 0 saturated heterocycles. The Bertz CT molecular complexity index is 1430. The predicted octanol–water partition coefficient (Wildman–Crippen LogP) is 6.64. The summed E-state index contributed by atoms with van der Waals surface area (Å²) < 4.78 is 30.1. The molecule has 0 aliphatic heterocycles. The number of rotatable bonds is 10. The van der Waals surface area contributed by atoms with Gasteiger partial charge >= 0.3 is 0 Å². The van der Waals surface area contributed by atoms with Gasteiger partial charge in [-0.1, -0.05) is 18.4 Å². The number of hydrogen-bond donors (Lipinski definition) is 3. The molecule has 0 atom stereocenters. The van der Waals surface area contributed by atoms with E-state index in [0.29, 0.717) is 28.1 Å². The number of nitrogens with two attached hydrogens (primary N) is 1. The van der Waals surface area contributed by atoms with Gasteiger partial charge in [0.1, 0.15) is 23.0 Å². The van der Waals surface area contributed by atoms with Crippen molar-refractivity contribution in [1.82, 2.24) is 10.2 Å². The Hall–Kier alpha value is -3.84. The van der Waals surface area contributed by atoms with Gasteiger partial charge in [-0.05, 0) is 75.8 Å². The summed E-state index contributed by atoms with van der Waals surface area (Å²) in [4.78, 5) is 11.1. The summed E-state index contributed by atoms with van der Waals surface area (Å²) in [5.41, 5.74) is 10.4. The minimum Gasteiger partial charge on any atom is -0.404 e. The van der Waals surface area contributed by atoms with Crippen molar-refractivity contribution >= 4 is 35.3 Å². The standard InChI is InChI=1S/C30H37F2N7S/c1-8-10-22-13-26(38-37-22)36-30(28(20-11-12-20)27(18(3)9-2)21(16-33)17-34-5)35-19(4)39(6)29-24(31)14-23(40-7)15-25(29)32/h13-17,20H,9,11-12,33H2,1-7H3,(H2,36,37,38)/b21-16+,27-18+,30-28+,34-17?,35-19+. The Labute approximate surface area is 239 Å². The van der Waals surface area contributed by atoms with Crippen molar-refractivity contribution in [2.45, 2.75) is 51.9 Å². The summed E-state index contributed by atoms with van der Waals surface area (Å²) in [5.74, 6) is 6.12. The number of aliphatic imine (C=N–C) groups is 2. The van der Waals surface area contributed by atoms with Crippen LogP contribution in [0.25, 0.3) is 0 Å². The molecule has 0 radical (unpaired) electrons. The molecule has 10 heteroatoms. The number of nitrogens with zero attached hydrogens (tertiary/aromatic N) is 4. The molecular formula is C30H37F2N7S. The number of benzene rings is 1. The van der Waals surface area contributed by atoms with Gasteiger partial charge in [-0.25, -0.2) is 13.8 Å². The third kappa shape index (κ3) is 7.21. The first-order valence-corrected chi connectivity index (χ1v) is 14.3. The average Bonchev–Trinajstić information content (AvgIpc) is 3.68. The maximum Gasteiger partial charge on any atom is 0.154 e. The van der Waals surface area contributed by atoms with Crippen molar-refractivity contribution in [3.8, 4) is 11.8 Å². The molecular weight excluding hydrogens is 528 g/mol. The number of anilines is 2. The van der Waals surface area contributed by atoms with Crippen molar-refractivity contribution in [2.75, 3.05) is 30.6 Å². The van der Waals surface area contributed by atoms with Crippen LogP contribution < -0.4 is 16.0 Å². The van der Waals surface area contributed by atoms with Crippen LogP contribution in [0, 0.1) is 29.4 Å². The molecule has 0 bridgehead atoms. The van der Waals surface area contributed by atoms with Crippen LogP contribution in [-0.4, -0.2) is 42.6 Å². The Balaban J connectivity index is 2.27. The number of amidine groups is 1. The molecule has 0 spiro atoms. The Morgan fingerprint density at radius 2 is 1.95 bits per heavy atom. The smallest absolute Gasteiger partial charge is 0.154 e. The van der Waals surface area contributed by atoms with E-state index in [9.17, 15) is 0 Å². The number of nitrogens with one attached hydrogen (secondary N) is 2. The van der Waals surface area contributed by atoms with Crippen LogP contribution in [0.5, 0.6) is 0 Å². The number of allylic oxidation sites excluding steroid dienone is 4. The highest BCUT2D eigenvalue weighted by atomic mass is 32.2. The van der Waals surface area contributed by atoms with E-state index in [0.717, 1.165) is 41.6 Å². The number of hydrogen-bond acceptors (Lipinski definition) is 6. The number of thioether (sulfide) groups is 1. The first-order valence-electron chi connectivity index (χ1n) is 13.0. The van der Waals surface area contributed by atoms with Crippen LogP contribution in [0.2, 0.25) is 0 Å². The van der Waals surface area contributed by atoms with Crippen molar-refractivity contribution in [2.24, 2.45) is 21.6 Å². The Morgan fingerprint density at radius 3 is 2.48 bits per heavy atom. The molecule has 4 N–H and O–H groups in total. The van der Waals surface area contributed by atoms with Gasteiger partial charge in [0.05, 0.1) is 0 Å². The monoisotopic (exact) mass is 565 g/mol. The Kier molecular flexibility index (Phi) is 10.7. The molecule has 2 aromatic rings. The topological polar surface area (TPSA) is 94.7 Å². The Morgan fingerprint density at radius 1 is 1.27 bits per heavy atom. The molecule has 212 valence electrons. The van der Waals surface area contributed by atoms with E-state index in [1.807, 2.05) is 0 Å². The third-order valence-corrected chi connectivity index (χ3v) is 7.32. The number of halogens is 2. The molecule has 1 saturated carbocycles. The fraction of sp³-hybridized carbons (Fsp3) is 0.367. The van der Waals surface area contributed by atoms with E-state index in [2.05, 4.69) is 46.2 Å². The summed E-state index contributed by atoms with van der Waals surface area (Å²) in [7, 11) is 3.30. The van der Waals surface area contributed by atoms with Gasteiger partial charge in [0.2, 0.25) is 0 Å². The van der Waals surface area contributed by atoms with E-state index < -0.39 is 11.6 Å². The SMILES string of the molecule is CC#Cc1cc(NC(/N=C(\C)N(C)c2c(F)cc(SC)cc2F)=C(C(/C(C=NC)=C/N)=C(\C)CC)\C2CC2)n[nH]1. The van der Waals surface area contributed by atoms with Gasteiger partial charge in [-0.3, -0.25) is 10.1 Å². The quantitative estimate of drug-likeness (QED) is 0.0987. The maximum absolute atomic E-state index is 15.0. The van der Waals surface area contributed by atoms with Gasteiger partial charge < -0.3 is 16.0 Å². The number of H-pyrrole nitrogens is 1. The molecule has 1 aromatic carbocycles. The molecule has 1 fully saturated rings. The van der Waals surface area contributed by atoms with Crippen LogP contribution in [-0.2, 0) is 0 Å². The fourth-order valence-corrected chi connectivity index (χ4v) is 4.71. The first-order chi connectivity index (χ1) is 19.2. The summed E-state index contributed by atoms with van der Waals surface area (Å²) in [6.07, 6.45) is 7.78. The van der Waals surface area contributed by atoms with E-state index in [4.69, 9.17) is 10.7 Å². The maximum atomic E-state index is 15.0. The van der Waals surface area contributed by atoms with E-state index in [1.165, 1.54) is 28.8 Å². The molecule has 40 heavy (non-hydrogen) atoms. The van der Waals surface area contributed by atoms with Crippen molar-refractivity contribution in [3.63, 3.8) is 0 Å². The summed E-state index contributed by atoms with van der Waals surface area (Å²) >= 11 is 1.28. The summed E-state index contributed by atoms with van der Waals surface area (Å²) in [6.45, 7) is 7.61. The lowest BCUT2D eigenvalue weighted by atomic mass is 9.89. The molecule has 0 amide bonds. The van der Waals surface area contributed by atoms with Crippen molar-refractivity contribution in [3.05, 3.63) is 69.8 Å². The largest absolute Gasteiger partial charge is 0.404 e. The molecule has 3 rings (SSSR count). The van der Waals surface area contributed by atoms with Crippen LogP contribution in [0.3, 0.4) is 0 Å². The highest BCUT2D eigenvalue weighted by Crippen LogP contribution is 2.45. The lowest BCUT2D eigenvalue weighted by molar-refractivity contribution is 0.579. The lowest BCUT2D eigenvalue weighted by Crippen LogP contribution is -2.26. The lowest BCUT2D eigenvalue weighted by Gasteiger charge is -2.23. The third-order valence-electron chi connectivity index (χ3n) is 6.61. The highest BCUT2D eigenvalue weighted by molar-refractivity contribution is 7.98. The van der Waals surface area contributed by atoms with Gasteiger partial charge in [-0.2, -0.15) is 5.10 Å². The zero-order chi connectivity index (χ0) is 29.4.